The summed E-state index contributed by atoms with van der Waals surface area (Å²) in [6.45, 7) is 1.68. The molecule has 0 aliphatic carbocycles. The maximum Gasteiger partial charge on any atom is 0.331 e. The zero-order chi connectivity index (χ0) is 8.43. The van der Waals surface area contributed by atoms with Crippen LogP contribution in [0.5, 0.6) is 0 Å². The maximum atomic E-state index is 10.6. The summed E-state index contributed by atoms with van der Waals surface area (Å²) in [5.41, 5.74) is 0.678. The molecule has 1 atom stereocenters. The minimum Gasteiger partial charge on any atom is -0.481 e. The Hall–Kier alpha value is -1.32. The van der Waals surface area contributed by atoms with Gasteiger partial charge >= 0.3 is 11.9 Å². The lowest BCUT2D eigenvalue weighted by Crippen LogP contribution is -2.15. The van der Waals surface area contributed by atoms with Gasteiger partial charge in [-0.25, -0.2) is 4.79 Å². The number of carbonyl (C=O) groups excluding carboxylic acids is 1. The van der Waals surface area contributed by atoms with Gasteiger partial charge in [0.05, 0.1) is 6.42 Å². The molecule has 0 aromatic rings. The standard InChI is InChI=1S/C7H8O4/c1-4-2-7(10)11-5(4)3-6(8)9/h2,5H,3H2,1H3,(H,8,9). The maximum absolute atomic E-state index is 10.6. The first-order valence-corrected chi connectivity index (χ1v) is 3.20. The van der Waals surface area contributed by atoms with Crippen molar-refractivity contribution in [3.05, 3.63) is 11.6 Å². The number of hydrogen-bond acceptors (Lipinski definition) is 3. The number of carboxylic acid groups (broad SMARTS) is 1. The van der Waals surface area contributed by atoms with Crippen molar-refractivity contribution in [1.82, 2.24) is 0 Å². The first kappa shape index (κ1) is 7.78. The molecule has 0 radical (unpaired) electrons. The Labute approximate surface area is 63.5 Å². The van der Waals surface area contributed by atoms with Crippen LogP contribution in [0.3, 0.4) is 0 Å². The monoisotopic (exact) mass is 156 g/mol. The molecule has 11 heavy (non-hydrogen) atoms. The van der Waals surface area contributed by atoms with Gasteiger partial charge in [0.25, 0.3) is 0 Å². The third kappa shape index (κ3) is 1.80. The van der Waals surface area contributed by atoms with E-state index in [0.717, 1.165) is 0 Å². The second-order valence-electron chi connectivity index (χ2n) is 2.41. The molecule has 1 heterocycles. The van der Waals surface area contributed by atoms with Gasteiger partial charge in [-0.15, -0.1) is 0 Å². The molecule has 1 unspecified atom stereocenters. The summed E-state index contributed by atoms with van der Waals surface area (Å²) in [5.74, 6) is -1.41. The van der Waals surface area contributed by atoms with Gasteiger partial charge in [-0.3, -0.25) is 4.79 Å². The molecule has 0 saturated heterocycles. The van der Waals surface area contributed by atoms with Crippen LogP contribution in [0.15, 0.2) is 11.6 Å². The lowest BCUT2D eigenvalue weighted by molar-refractivity contribution is -0.144. The Kier molecular flexibility index (Phi) is 1.94. The average molecular weight is 156 g/mol. The van der Waals surface area contributed by atoms with Crippen LogP contribution in [0.4, 0.5) is 0 Å². The predicted octanol–water partition coefficient (Wildman–Crippen LogP) is 0.333. The summed E-state index contributed by atoms with van der Waals surface area (Å²) < 4.78 is 4.67. The molecule has 4 nitrogen and oxygen atoms in total. The molecule has 1 aliphatic heterocycles. The van der Waals surface area contributed by atoms with Crippen LogP contribution in [0, 0.1) is 0 Å². The second kappa shape index (κ2) is 2.74. The molecule has 0 fully saturated rings. The van der Waals surface area contributed by atoms with E-state index in [-0.39, 0.29) is 6.42 Å². The third-order valence-corrected chi connectivity index (χ3v) is 1.47. The first-order chi connectivity index (χ1) is 5.09. The summed E-state index contributed by atoms with van der Waals surface area (Å²) in [4.78, 5) is 20.7. The topological polar surface area (TPSA) is 63.6 Å². The Morgan fingerprint density at radius 1 is 1.82 bits per heavy atom. The largest absolute Gasteiger partial charge is 0.481 e. The predicted molar refractivity (Wildman–Crippen MR) is 35.9 cm³/mol. The van der Waals surface area contributed by atoms with E-state index in [9.17, 15) is 9.59 Å². The Balaban J connectivity index is 2.57. The molecule has 1 aliphatic rings. The van der Waals surface area contributed by atoms with Crippen LogP contribution in [-0.2, 0) is 14.3 Å². The van der Waals surface area contributed by atoms with Gasteiger partial charge in [0.15, 0.2) is 0 Å². The van der Waals surface area contributed by atoms with Crippen molar-refractivity contribution in [2.45, 2.75) is 19.4 Å². The lowest BCUT2D eigenvalue weighted by atomic mass is 10.1. The van der Waals surface area contributed by atoms with Gasteiger partial charge in [0.1, 0.15) is 6.10 Å². The quantitative estimate of drug-likeness (QED) is 0.585. The van der Waals surface area contributed by atoms with E-state index in [4.69, 9.17) is 5.11 Å². The van der Waals surface area contributed by atoms with Gasteiger partial charge in [-0.05, 0) is 12.5 Å². The summed E-state index contributed by atoms with van der Waals surface area (Å²) in [6.07, 6.45) is 0.613. The van der Waals surface area contributed by atoms with Crippen molar-refractivity contribution in [3.63, 3.8) is 0 Å². The average Bonchev–Trinajstić information content (AvgIpc) is 2.09. The van der Waals surface area contributed by atoms with Crippen LogP contribution in [0.25, 0.3) is 0 Å². The van der Waals surface area contributed by atoms with Crippen LogP contribution in [0.1, 0.15) is 13.3 Å². The van der Waals surface area contributed by atoms with Crippen LogP contribution >= 0.6 is 0 Å². The molecule has 60 valence electrons. The van der Waals surface area contributed by atoms with Crippen molar-refractivity contribution >= 4 is 11.9 Å². The SMILES string of the molecule is CC1=CC(=O)OC1CC(=O)O. The highest BCUT2D eigenvalue weighted by atomic mass is 16.5. The van der Waals surface area contributed by atoms with Crippen LogP contribution in [0.2, 0.25) is 0 Å². The normalized spacial score (nSPS) is 22.8. The van der Waals surface area contributed by atoms with Crippen molar-refractivity contribution in [2.75, 3.05) is 0 Å². The second-order valence-corrected chi connectivity index (χ2v) is 2.41. The zero-order valence-electron chi connectivity index (χ0n) is 6.03. The third-order valence-electron chi connectivity index (χ3n) is 1.47. The van der Waals surface area contributed by atoms with Gasteiger partial charge in [-0.2, -0.15) is 0 Å². The van der Waals surface area contributed by atoms with E-state index in [1.54, 1.807) is 6.92 Å². The molecule has 0 amide bonds. The molecular weight excluding hydrogens is 148 g/mol. The minimum absolute atomic E-state index is 0.145. The Bertz CT molecular complexity index is 229. The molecule has 0 bridgehead atoms. The highest BCUT2D eigenvalue weighted by Crippen LogP contribution is 2.17. The smallest absolute Gasteiger partial charge is 0.331 e. The van der Waals surface area contributed by atoms with E-state index < -0.39 is 18.0 Å². The molecule has 1 N–H and O–H groups in total. The molecule has 0 aromatic carbocycles. The molecule has 4 heteroatoms. The van der Waals surface area contributed by atoms with Crippen molar-refractivity contribution in [2.24, 2.45) is 0 Å². The van der Waals surface area contributed by atoms with E-state index in [1.165, 1.54) is 6.08 Å². The fraction of sp³-hybridized carbons (Fsp3) is 0.429. The fourth-order valence-electron chi connectivity index (χ4n) is 0.907. The number of hydrogen-bond donors (Lipinski definition) is 1. The summed E-state index contributed by atoms with van der Waals surface area (Å²) in [6, 6.07) is 0. The van der Waals surface area contributed by atoms with Crippen molar-refractivity contribution in [3.8, 4) is 0 Å². The number of aliphatic carboxylic acids is 1. The van der Waals surface area contributed by atoms with Crippen LogP contribution < -0.4 is 0 Å². The number of ether oxygens (including phenoxy) is 1. The van der Waals surface area contributed by atoms with Crippen LogP contribution in [-0.4, -0.2) is 23.1 Å². The fourth-order valence-corrected chi connectivity index (χ4v) is 0.907. The lowest BCUT2D eigenvalue weighted by Gasteiger charge is -2.07. The van der Waals surface area contributed by atoms with Gasteiger partial charge < -0.3 is 9.84 Å². The number of carbonyl (C=O) groups is 2. The number of cyclic esters (lactones) is 1. The minimum atomic E-state index is -0.961. The number of rotatable bonds is 2. The molecule has 0 spiro atoms. The van der Waals surface area contributed by atoms with Gasteiger partial charge in [-0.1, -0.05) is 0 Å². The van der Waals surface area contributed by atoms with Gasteiger partial charge in [0.2, 0.25) is 0 Å². The number of carboxylic acids is 1. The van der Waals surface area contributed by atoms with Crippen molar-refractivity contribution in [1.29, 1.82) is 0 Å². The molecule has 0 aromatic heterocycles. The van der Waals surface area contributed by atoms with E-state index in [1.807, 2.05) is 0 Å². The zero-order valence-corrected chi connectivity index (χ0v) is 6.03. The van der Waals surface area contributed by atoms with E-state index in [2.05, 4.69) is 4.74 Å². The summed E-state index contributed by atoms with van der Waals surface area (Å²) in [7, 11) is 0. The molecule has 0 saturated carbocycles. The highest BCUT2D eigenvalue weighted by Gasteiger charge is 2.24. The Morgan fingerprint density at radius 3 is 2.82 bits per heavy atom. The number of esters is 1. The van der Waals surface area contributed by atoms with E-state index in [0.29, 0.717) is 5.57 Å². The van der Waals surface area contributed by atoms with Crippen molar-refractivity contribution < 1.29 is 19.4 Å². The highest BCUT2D eigenvalue weighted by molar-refractivity contribution is 5.86. The molecule has 1 rings (SSSR count). The van der Waals surface area contributed by atoms with Gasteiger partial charge in [0, 0.05) is 6.08 Å². The Morgan fingerprint density at radius 2 is 2.45 bits per heavy atom. The summed E-state index contributed by atoms with van der Waals surface area (Å²) >= 11 is 0. The first-order valence-electron chi connectivity index (χ1n) is 3.20. The molecular formula is C7H8O4. The summed E-state index contributed by atoms with van der Waals surface area (Å²) in [5, 5.41) is 8.36. The van der Waals surface area contributed by atoms with E-state index >= 15 is 0 Å².